The van der Waals surface area contributed by atoms with Crippen LogP contribution >= 0.6 is 12.6 Å². The number of aryl methyl sites for hydroxylation is 2. The molecule has 1 aromatic rings. The molecule has 5 heteroatoms. The van der Waals surface area contributed by atoms with Gasteiger partial charge in [0.05, 0.1) is 6.26 Å². The first-order valence-electron chi connectivity index (χ1n) is 3.89. The molecule has 0 spiro atoms. The van der Waals surface area contributed by atoms with Crippen LogP contribution in [0.25, 0.3) is 0 Å². The molecule has 14 heavy (non-hydrogen) atoms. The molecule has 0 saturated heterocycles. The molecule has 0 fully saturated rings. The van der Waals surface area contributed by atoms with Crippen LogP contribution < -0.4 is 0 Å². The van der Waals surface area contributed by atoms with Gasteiger partial charge in [-0.3, -0.25) is 4.55 Å². The highest BCUT2D eigenvalue weighted by atomic mass is 32.2. The fourth-order valence-electron chi connectivity index (χ4n) is 0.806. The predicted molar refractivity (Wildman–Crippen MR) is 60.6 cm³/mol. The molecule has 0 unspecified atom stereocenters. The summed E-state index contributed by atoms with van der Waals surface area (Å²) in [4.78, 5) is 1.11. The lowest BCUT2D eigenvalue weighted by molar-refractivity contribution is 0.490. The molecule has 0 atom stereocenters. The van der Waals surface area contributed by atoms with Gasteiger partial charge in [-0.15, -0.1) is 12.6 Å². The van der Waals surface area contributed by atoms with E-state index in [9.17, 15) is 8.42 Å². The van der Waals surface area contributed by atoms with E-state index in [0.717, 1.165) is 4.90 Å². The minimum Gasteiger partial charge on any atom is -0.286 e. The van der Waals surface area contributed by atoms with Gasteiger partial charge in [-0.25, -0.2) is 0 Å². The molecule has 0 amide bonds. The van der Waals surface area contributed by atoms with Crippen molar-refractivity contribution in [3.8, 4) is 0 Å². The molecule has 0 saturated carbocycles. The van der Waals surface area contributed by atoms with Gasteiger partial charge >= 0.3 is 0 Å². The molecule has 0 aliphatic rings. The second-order valence-corrected chi connectivity index (χ2v) is 4.89. The molecular weight excluding hydrogens is 220 g/mol. The van der Waals surface area contributed by atoms with Crippen molar-refractivity contribution in [1.29, 1.82) is 0 Å². The Hall–Kier alpha value is -0.520. The van der Waals surface area contributed by atoms with Crippen molar-refractivity contribution < 1.29 is 13.0 Å². The van der Waals surface area contributed by atoms with E-state index < -0.39 is 10.1 Å². The van der Waals surface area contributed by atoms with Gasteiger partial charge in [0.15, 0.2) is 0 Å². The fourth-order valence-corrected chi connectivity index (χ4v) is 0.955. The van der Waals surface area contributed by atoms with Crippen molar-refractivity contribution in [3.05, 3.63) is 29.3 Å². The number of rotatable bonds is 0. The van der Waals surface area contributed by atoms with Gasteiger partial charge in [-0.05, 0) is 25.0 Å². The summed E-state index contributed by atoms with van der Waals surface area (Å²) in [5.74, 6) is 0. The van der Waals surface area contributed by atoms with E-state index in [4.69, 9.17) is 4.55 Å². The van der Waals surface area contributed by atoms with Gasteiger partial charge in [-0.1, -0.05) is 18.2 Å². The normalized spacial score (nSPS) is 10.4. The molecule has 0 radical (unpaired) electrons. The molecule has 0 aliphatic heterocycles. The Balaban J connectivity index is 0.000000292. The van der Waals surface area contributed by atoms with Crippen molar-refractivity contribution >= 4 is 22.7 Å². The Morgan fingerprint density at radius 2 is 1.50 bits per heavy atom. The minimum absolute atomic E-state index is 0.715. The number of hydrogen-bond acceptors (Lipinski definition) is 3. The zero-order valence-electron chi connectivity index (χ0n) is 8.35. The van der Waals surface area contributed by atoms with Crippen LogP contribution in [0.15, 0.2) is 23.1 Å². The first-order chi connectivity index (χ1) is 6.22. The Morgan fingerprint density at radius 3 is 1.71 bits per heavy atom. The second-order valence-electron chi connectivity index (χ2n) is 2.97. The van der Waals surface area contributed by atoms with Gasteiger partial charge in [0.2, 0.25) is 0 Å². The summed E-state index contributed by atoms with van der Waals surface area (Å²) in [6, 6.07) is 6.18. The van der Waals surface area contributed by atoms with E-state index in [-0.39, 0.29) is 0 Å². The van der Waals surface area contributed by atoms with Gasteiger partial charge < -0.3 is 0 Å². The molecule has 0 aromatic heterocycles. The Kier molecular flexibility index (Phi) is 5.18. The largest absolute Gasteiger partial charge is 0.286 e. The minimum atomic E-state index is -3.67. The summed E-state index contributed by atoms with van der Waals surface area (Å²) in [5.41, 5.74) is 2.50. The van der Waals surface area contributed by atoms with E-state index in [1.807, 2.05) is 6.07 Å². The smallest absolute Gasteiger partial charge is 0.261 e. The number of hydrogen-bond donors (Lipinski definition) is 2. The van der Waals surface area contributed by atoms with E-state index in [0.29, 0.717) is 6.26 Å². The van der Waals surface area contributed by atoms with E-state index in [2.05, 4.69) is 38.6 Å². The summed E-state index contributed by atoms with van der Waals surface area (Å²) in [7, 11) is -3.67. The molecule has 1 N–H and O–H groups in total. The van der Waals surface area contributed by atoms with Crippen LogP contribution in [0.5, 0.6) is 0 Å². The van der Waals surface area contributed by atoms with Gasteiger partial charge in [-0.2, -0.15) is 8.42 Å². The zero-order chi connectivity index (χ0) is 11.4. The van der Waals surface area contributed by atoms with Crippen LogP contribution in [0.4, 0.5) is 0 Å². The fraction of sp³-hybridized carbons (Fsp3) is 0.333. The highest BCUT2D eigenvalue weighted by molar-refractivity contribution is 7.85. The van der Waals surface area contributed by atoms with Gasteiger partial charge in [0.1, 0.15) is 0 Å². The highest BCUT2D eigenvalue weighted by Crippen LogP contribution is 2.16. The van der Waals surface area contributed by atoms with Crippen molar-refractivity contribution in [2.24, 2.45) is 0 Å². The molecule has 3 nitrogen and oxygen atoms in total. The molecule has 80 valence electrons. The summed E-state index contributed by atoms with van der Waals surface area (Å²) in [5, 5.41) is 0. The van der Waals surface area contributed by atoms with Crippen molar-refractivity contribution in [2.45, 2.75) is 18.7 Å². The third-order valence-electron chi connectivity index (χ3n) is 1.44. The number of thiol groups is 1. The SMILES string of the molecule is CS(=O)(=O)O.Cc1cccc(C)c1S. The van der Waals surface area contributed by atoms with Crippen molar-refractivity contribution in [3.63, 3.8) is 0 Å². The standard InChI is InChI=1S/C8H10S.CH4O3S/c1-6-4-3-5-7(2)8(6)9;1-5(2,3)4/h3-5,9H,1-2H3;1H3,(H,2,3,4). The topological polar surface area (TPSA) is 54.4 Å². The second kappa shape index (κ2) is 5.38. The quantitative estimate of drug-likeness (QED) is 0.534. The molecule has 0 aliphatic carbocycles. The molecule has 1 aromatic carbocycles. The first-order valence-corrected chi connectivity index (χ1v) is 6.19. The van der Waals surface area contributed by atoms with Crippen molar-refractivity contribution in [1.82, 2.24) is 0 Å². The summed E-state index contributed by atoms with van der Waals surface area (Å²) < 4.78 is 25.9. The molecular formula is C9H14O3S2. The van der Waals surface area contributed by atoms with Crippen LogP contribution in [-0.4, -0.2) is 19.2 Å². The van der Waals surface area contributed by atoms with E-state index in [1.54, 1.807) is 0 Å². The lowest BCUT2D eigenvalue weighted by Crippen LogP contribution is -1.88. The zero-order valence-corrected chi connectivity index (χ0v) is 10.1. The van der Waals surface area contributed by atoms with Crippen LogP contribution in [0.1, 0.15) is 11.1 Å². The average molecular weight is 234 g/mol. The monoisotopic (exact) mass is 234 g/mol. The Morgan fingerprint density at radius 1 is 1.21 bits per heavy atom. The Bertz CT molecular complexity index is 368. The van der Waals surface area contributed by atoms with Crippen LogP contribution in [0.2, 0.25) is 0 Å². The first kappa shape index (κ1) is 13.5. The summed E-state index contributed by atoms with van der Waals surface area (Å²) in [6.07, 6.45) is 0.715. The predicted octanol–water partition coefficient (Wildman–Crippen LogP) is 2.10. The van der Waals surface area contributed by atoms with Gasteiger partial charge in [0, 0.05) is 4.90 Å². The third-order valence-corrected chi connectivity index (χ3v) is 2.14. The lowest BCUT2D eigenvalue weighted by Gasteiger charge is -1.99. The highest BCUT2D eigenvalue weighted by Gasteiger charge is 1.92. The van der Waals surface area contributed by atoms with Crippen LogP contribution in [0.3, 0.4) is 0 Å². The van der Waals surface area contributed by atoms with Crippen LogP contribution in [0, 0.1) is 13.8 Å². The maximum atomic E-state index is 9.19. The van der Waals surface area contributed by atoms with Gasteiger partial charge in [0.25, 0.3) is 10.1 Å². The van der Waals surface area contributed by atoms with E-state index >= 15 is 0 Å². The van der Waals surface area contributed by atoms with Crippen molar-refractivity contribution in [2.75, 3.05) is 6.26 Å². The number of benzene rings is 1. The Labute approximate surface area is 90.3 Å². The van der Waals surface area contributed by atoms with E-state index in [1.165, 1.54) is 11.1 Å². The molecule has 0 bridgehead atoms. The van der Waals surface area contributed by atoms with Crippen LogP contribution in [-0.2, 0) is 10.1 Å². The lowest BCUT2D eigenvalue weighted by atomic mass is 10.2. The molecule has 1 rings (SSSR count). The summed E-state index contributed by atoms with van der Waals surface area (Å²) >= 11 is 4.31. The maximum absolute atomic E-state index is 9.19. The third kappa shape index (κ3) is 6.94. The molecule has 0 heterocycles. The summed E-state index contributed by atoms with van der Waals surface area (Å²) in [6.45, 7) is 4.13. The maximum Gasteiger partial charge on any atom is 0.261 e. The average Bonchev–Trinajstić information content (AvgIpc) is 1.97.